The lowest BCUT2D eigenvalue weighted by atomic mass is 9.96. The van der Waals surface area contributed by atoms with Gasteiger partial charge in [-0.25, -0.2) is 4.39 Å². The molecule has 152 valence electrons. The first-order valence-corrected chi connectivity index (χ1v) is 9.92. The van der Waals surface area contributed by atoms with Crippen molar-refractivity contribution >= 4 is 11.8 Å². The maximum Gasteiger partial charge on any atom is 0.254 e. The van der Waals surface area contributed by atoms with Crippen LogP contribution in [0.5, 0.6) is 0 Å². The minimum Gasteiger partial charge on any atom is -0.354 e. The van der Waals surface area contributed by atoms with E-state index >= 15 is 0 Å². The molecule has 5 nitrogen and oxygen atoms in total. The van der Waals surface area contributed by atoms with Crippen molar-refractivity contribution < 1.29 is 14.0 Å². The van der Waals surface area contributed by atoms with E-state index in [9.17, 15) is 14.0 Å². The smallest absolute Gasteiger partial charge is 0.254 e. The van der Waals surface area contributed by atoms with Crippen LogP contribution in [0, 0.1) is 11.7 Å². The van der Waals surface area contributed by atoms with Gasteiger partial charge in [-0.2, -0.15) is 0 Å². The summed E-state index contributed by atoms with van der Waals surface area (Å²) in [6.45, 7) is 1.25. The average Bonchev–Trinajstić information content (AvgIpc) is 2.96. The molecule has 1 saturated heterocycles. The number of carbonyl (C=O) groups excluding carboxylic acids is 2. The van der Waals surface area contributed by atoms with Gasteiger partial charge in [-0.1, -0.05) is 42.5 Å². The Labute approximate surface area is 174 Å². The molecule has 4 rings (SSSR count). The Bertz CT molecular complexity index is 1040. The van der Waals surface area contributed by atoms with Gasteiger partial charge in [0.15, 0.2) is 0 Å². The number of nitrogens with one attached hydrogen (secondary N) is 1. The Morgan fingerprint density at radius 1 is 1.07 bits per heavy atom. The minimum atomic E-state index is -0.349. The van der Waals surface area contributed by atoms with E-state index in [1.54, 1.807) is 47.6 Å². The summed E-state index contributed by atoms with van der Waals surface area (Å²) in [6, 6.07) is 17.6. The van der Waals surface area contributed by atoms with Gasteiger partial charge >= 0.3 is 0 Å². The molecule has 1 N–H and O–H groups in total. The van der Waals surface area contributed by atoms with E-state index in [0.717, 1.165) is 11.1 Å². The van der Waals surface area contributed by atoms with E-state index in [1.807, 2.05) is 24.3 Å². The van der Waals surface area contributed by atoms with Crippen molar-refractivity contribution in [1.29, 1.82) is 0 Å². The van der Waals surface area contributed by atoms with Crippen LogP contribution < -0.4 is 5.32 Å². The van der Waals surface area contributed by atoms with E-state index in [2.05, 4.69) is 10.3 Å². The molecule has 0 saturated carbocycles. The first-order chi connectivity index (χ1) is 14.6. The van der Waals surface area contributed by atoms with Crippen LogP contribution in [0.2, 0.25) is 0 Å². The second kappa shape index (κ2) is 8.86. The fourth-order valence-corrected chi connectivity index (χ4v) is 3.72. The predicted octanol–water partition coefficient (Wildman–Crippen LogP) is 3.32. The number of halogens is 1. The van der Waals surface area contributed by atoms with Gasteiger partial charge in [-0.05, 0) is 35.7 Å². The normalized spacial score (nSPS) is 16.6. The monoisotopic (exact) mass is 403 g/mol. The van der Waals surface area contributed by atoms with Gasteiger partial charge in [0.05, 0.1) is 5.92 Å². The number of benzene rings is 2. The standard InChI is InChI=1S/C24H22FN3O2/c25-22-4-2-1-3-21(22)18-7-5-17(6-8-18)15-20-16-28(14-13-27-23(20)29)24(30)19-9-11-26-12-10-19/h1-12,20H,13-16H2,(H,27,29). The molecule has 1 aromatic heterocycles. The highest BCUT2D eigenvalue weighted by Gasteiger charge is 2.28. The largest absolute Gasteiger partial charge is 0.354 e. The lowest BCUT2D eigenvalue weighted by Crippen LogP contribution is -2.37. The molecule has 2 amide bonds. The number of carbonyl (C=O) groups is 2. The number of pyridine rings is 1. The summed E-state index contributed by atoms with van der Waals surface area (Å²) in [5.41, 5.74) is 2.86. The summed E-state index contributed by atoms with van der Waals surface area (Å²) in [5.74, 6) is -0.775. The first kappa shape index (κ1) is 19.8. The number of amides is 2. The zero-order chi connectivity index (χ0) is 20.9. The second-order valence-electron chi connectivity index (χ2n) is 7.36. The van der Waals surface area contributed by atoms with Crippen LogP contribution in [0.3, 0.4) is 0 Å². The minimum absolute atomic E-state index is 0.0572. The van der Waals surface area contributed by atoms with E-state index < -0.39 is 0 Å². The summed E-state index contributed by atoms with van der Waals surface area (Å²) in [6.07, 6.45) is 3.68. The molecule has 1 unspecified atom stereocenters. The molecule has 0 radical (unpaired) electrons. The zero-order valence-electron chi connectivity index (χ0n) is 16.4. The van der Waals surface area contributed by atoms with Gasteiger partial charge in [-0.15, -0.1) is 0 Å². The van der Waals surface area contributed by atoms with Crippen molar-refractivity contribution in [2.24, 2.45) is 5.92 Å². The van der Waals surface area contributed by atoms with Gasteiger partial charge in [0.2, 0.25) is 5.91 Å². The average molecular weight is 403 g/mol. The Hall–Kier alpha value is -3.54. The number of rotatable bonds is 4. The van der Waals surface area contributed by atoms with Gasteiger partial charge in [0.1, 0.15) is 5.82 Å². The van der Waals surface area contributed by atoms with Crippen molar-refractivity contribution in [3.8, 4) is 11.1 Å². The highest BCUT2D eigenvalue weighted by atomic mass is 19.1. The molecule has 0 spiro atoms. The van der Waals surface area contributed by atoms with Gasteiger partial charge < -0.3 is 10.2 Å². The van der Waals surface area contributed by atoms with Crippen molar-refractivity contribution in [2.75, 3.05) is 19.6 Å². The Balaban J connectivity index is 1.49. The molecule has 1 atom stereocenters. The van der Waals surface area contributed by atoms with E-state index in [1.165, 1.54) is 6.07 Å². The zero-order valence-corrected chi connectivity index (χ0v) is 16.4. The maximum atomic E-state index is 14.0. The first-order valence-electron chi connectivity index (χ1n) is 9.92. The van der Waals surface area contributed by atoms with Crippen molar-refractivity contribution in [2.45, 2.75) is 6.42 Å². The predicted molar refractivity (Wildman–Crippen MR) is 112 cm³/mol. The van der Waals surface area contributed by atoms with Gasteiger partial charge in [-0.3, -0.25) is 14.6 Å². The topological polar surface area (TPSA) is 62.3 Å². The molecule has 30 heavy (non-hydrogen) atoms. The molecule has 0 bridgehead atoms. The number of hydrogen-bond donors (Lipinski definition) is 1. The summed E-state index contributed by atoms with van der Waals surface area (Å²) < 4.78 is 14.0. The highest BCUT2D eigenvalue weighted by Crippen LogP contribution is 2.24. The highest BCUT2D eigenvalue weighted by molar-refractivity contribution is 5.94. The van der Waals surface area contributed by atoms with Crippen LogP contribution in [-0.4, -0.2) is 41.3 Å². The molecule has 2 aromatic carbocycles. The van der Waals surface area contributed by atoms with Crippen LogP contribution in [-0.2, 0) is 11.2 Å². The van der Waals surface area contributed by atoms with Crippen LogP contribution in [0.1, 0.15) is 15.9 Å². The molecule has 0 aliphatic carbocycles. The Morgan fingerprint density at radius 3 is 2.53 bits per heavy atom. The van der Waals surface area contributed by atoms with E-state index in [-0.39, 0.29) is 23.5 Å². The molecule has 6 heteroatoms. The van der Waals surface area contributed by atoms with E-state index in [0.29, 0.717) is 37.2 Å². The molecular formula is C24H22FN3O2. The van der Waals surface area contributed by atoms with Gasteiger partial charge in [0, 0.05) is 43.2 Å². The molecule has 1 aliphatic rings. The summed E-state index contributed by atoms with van der Waals surface area (Å²) in [4.78, 5) is 31.0. The fraction of sp³-hybridized carbons (Fsp3) is 0.208. The maximum absolute atomic E-state index is 14.0. The number of aromatic nitrogens is 1. The lowest BCUT2D eigenvalue weighted by molar-refractivity contribution is -0.124. The van der Waals surface area contributed by atoms with Crippen LogP contribution in [0.4, 0.5) is 4.39 Å². The van der Waals surface area contributed by atoms with E-state index in [4.69, 9.17) is 0 Å². The third kappa shape index (κ3) is 4.38. The second-order valence-corrected chi connectivity index (χ2v) is 7.36. The van der Waals surface area contributed by atoms with Gasteiger partial charge in [0.25, 0.3) is 5.91 Å². The third-order valence-electron chi connectivity index (χ3n) is 5.33. The van der Waals surface area contributed by atoms with Crippen molar-refractivity contribution in [3.05, 3.63) is 90.0 Å². The summed E-state index contributed by atoms with van der Waals surface area (Å²) >= 11 is 0. The number of nitrogens with zero attached hydrogens (tertiary/aromatic N) is 2. The van der Waals surface area contributed by atoms with Crippen molar-refractivity contribution in [3.63, 3.8) is 0 Å². The van der Waals surface area contributed by atoms with Crippen LogP contribution >= 0.6 is 0 Å². The molecule has 3 aromatic rings. The molecule has 1 fully saturated rings. The molecule has 1 aliphatic heterocycles. The van der Waals surface area contributed by atoms with Crippen molar-refractivity contribution in [1.82, 2.24) is 15.2 Å². The Morgan fingerprint density at radius 2 is 1.80 bits per heavy atom. The summed E-state index contributed by atoms with van der Waals surface area (Å²) in [7, 11) is 0. The van der Waals surface area contributed by atoms with Crippen LogP contribution in [0.15, 0.2) is 73.1 Å². The third-order valence-corrected chi connectivity index (χ3v) is 5.33. The summed E-state index contributed by atoms with van der Waals surface area (Å²) in [5, 5.41) is 2.90. The molecule has 2 heterocycles. The number of hydrogen-bond acceptors (Lipinski definition) is 3. The lowest BCUT2D eigenvalue weighted by Gasteiger charge is -2.23. The molecular weight excluding hydrogens is 381 g/mol. The SMILES string of the molecule is O=C1NCCN(C(=O)c2ccncc2)CC1Cc1ccc(-c2ccccc2F)cc1. The fourth-order valence-electron chi connectivity index (χ4n) is 3.72. The Kier molecular flexibility index (Phi) is 5.84. The quantitative estimate of drug-likeness (QED) is 0.727. The van der Waals surface area contributed by atoms with Crippen LogP contribution in [0.25, 0.3) is 11.1 Å².